The van der Waals surface area contributed by atoms with Crippen LogP contribution in [0, 0.1) is 0 Å². The highest BCUT2D eigenvalue weighted by Gasteiger charge is 2.29. The first-order valence-corrected chi connectivity index (χ1v) is 5.82. The number of hydrogen-bond acceptors (Lipinski definition) is 2. The molecule has 1 rings (SSSR count). The zero-order valence-corrected chi connectivity index (χ0v) is 11.1. The summed E-state index contributed by atoms with van der Waals surface area (Å²) in [6.45, 7) is 3.54. The van der Waals surface area contributed by atoms with Gasteiger partial charge >= 0.3 is 0 Å². The van der Waals surface area contributed by atoms with Crippen LogP contribution in [0.3, 0.4) is 0 Å². The van der Waals surface area contributed by atoms with Gasteiger partial charge in [0.1, 0.15) is 0 Å². The third kappa shape index (κ3) is 3.11. The predicted octanol–water partition coefficient (Wildman–Crippen LogP) is 3.32. The Labute approximate surface area is 106 Å². The van der Waals surface area contributed by atoms with E-state index in [1.807, 2.05) is 19.1 Å². The van der Waals surface area contributed by atoms with Gasteiger partial charge in [-0.1, -0.05) is 35.3 Å². The van der Waals surface area contributed by atoms with Crippen molar-refractivity contribution in [1.29, 1.82) is 0 Å². The Kier molecular flexibility index (Phi) is 4.62. The number of ether oxygens (including phenoxy) is 1. The number of rotatable bonds is 4. The fourth-order valence-corrected chi connectivity index (χ4v) is 1.86. The van der Waals surface area contributed by atoms with Gasteiger partial charge in [0.2, 0.25) is 0 Å². The van der Waals surface area contributed by atoms with Crippen molar-refractivity contribution >= 4 is 23.2 Å². The van der Waals surface area contributed by atoms with Crippen molar-refractivity contribution in [3.05, 3.63) is 33.8 Å². The van der Waals surface area contributed by atoms with Gasteiger partial charge in [-0.15, -0.1) is 0 Å². The van der Waals surface area contributed by atoms with Gasteiger partial charge in [0, 0.05) is 13.5 Å². The average Bonchev–Trinajstić information content (AvgIpc) is 2.23. The maximum Gasteiger partial charge on any atom is 0.0917 e. The van der Waals surface area contributed by atoms with Crippen LogP contribution in [0.1, 0.15) is 19.4 Å². The molecule has 0 aliphatic rings. The van der Waals surface area contributed by atoms with Gasteiger partial charge in [-0.05, 0) is 25.5 Å². The molecular weight excluding hydrogens is 247 g/mol. The second-order valence-corrected chi connectivity index (χ2v) is 4.91. The van der Waals surface area contributed by atoms with Gasteiger partial charge in [-0.2, -0.15) is 0 Å². The molecular formula is C12H16Cl2O2. The zero-order valence-electron chi connectivity index (χ0n) is 9.63. The van der Waals surface area contributed by atoms with Crippen molar-refractivity contribution in [3.8, 4) is 0 Å². The Morgan fingerprint density at radius 2 is 2.06 bits per heavy atom. The fraction of sp³-hybridized carbons (Fsp3) is 0.500. The highest BCUT2D eigenvalue weighted by Crippen LogP contribution is 2.29. The van der Waals surface area contributed by atoms with Gasteiger partial charge < -0.3 is 9.84 Å². The molecule has 0 spiro atoms. The molecule has 0 bridgehead atoms. The van der Waals surface area contributed by atoms with Crippen molar-refractivity contribution in [2.75, 3.05) is 7.11 Å². The monoisotopic (exact) mass is 262 g/mol. The molecule has 0 amide bonds. The maximum absolute atomic E-state index is 10.2. The summed E-state index contributed by atoms with van der Waals surface area (Å²) < 4.78 is 5.13. The summed E-state index contributed by atoms with van der Waals surface area (Å²) >= 11 is 12.0. The Bertz CT molecular complexity index is 364. The minimum Gasteiger partial charge on any atom is -0.387 e. The lowest BCUT2D eigenvalue weighted by molar-refractivity contribution is -0.0715. The van der Waals surface area contributed by atoms with Crippen molar-refractivity contribution in [2.45, 2.75) is 32.0 Å². The first-order valence-electron chi connectivity index (χ1n) is 5.06. The second kappa shape index (κ2) is 5.37. The van der Waals surface area contributed by atoms with E-state index in [1.54, 1.807) is 20.1 Å². The van der Waals surface area contributed by atoms with Crippen LogP contribution in [0.4, 0.5) is 0 Å². The van der Waals surface area contributed by atoms with Crippen LogP contribution < -0.4 is 0 Å². The van der Waals surface area contributed by atoms with Gasteiger partial charge in [-0.3, -0.25) is 0 Å². The summed E-state index contributed by atoms with van der Waals surface area (Å²) in [5, 5.41) is 11.2. The normalized spacial score (nSPS) is 16.9. The number of methoxy groups -OCH3 is 1. The van der Waals surface area contributed by atoms with Crippen LogP contribution in [0.25, 0.3) is 0 Å². The lowest BCUT2D eigenvalue weighted by atomic mass is 9.91. The van der Waals surface area contributed by atoms with E-state index in [0.717, 1.165) is 5.56 Å². The zero-order chi connectivity index (χ0) is 12.3. The van der Waals surface area contributed by atoms with Gasteiger partial charge in [0.05, 0.1) is 21.8 Å². The highest BCUT2D eigenvalue weighted by molar-refractivity contribution is 6.42. The van der Waals surface area contributed by atoms with E-state index in [-0.39, 0.29) is 6.10 Å². The van der Waals surface area contributed by atoms with Crippen molar-refractivity contribution in [3.63, 3.8) is 0 Å². The first kappa shape index (κ1) is 13.8. The molecule has 1 N–H and O–H groups in total. The van der Waals surface area contributed by atoms with Crippen LogP contribution in [0.15, 0.2) is 18.2 Å². The molecule has 0 saturated carbocycles. The number of aliphatic hydroxyl groups is 1. The Balaban J connectivity index is 2.92. The molecule has 2 unspecified atom stereocenters. The second-order valence-electron chi connectivity index (χ2n) is 4.12. The molecule has 1 aromatic carbocycles. The summed E-state index contributed by atoms with van der Waals surface area (Å²) in [6, 6.07) is 5.39. The standard InChI is InChI=1S/C12H16Cl2O2/c1-8(16-3)12(2,15)7-9-5-4-6-10(13)11(9)14/h4-6,8,15H,7H2,1-3H3. The highest BCUT2D eigenvalue weighted by atomic mass is 35.5. The van der Waals surface area contributed by atoms with Crippen LogP contribution in [-0.2, 0) is 11.2 Å². The van der Waals surface area contributed by atoms with Crippen LogP contribution in [0.5, 0.6) is 0 Å². The fourth-order valence-electron chi connectivity index (χ4n) is 1.47. The van der Waals surface area contributed by atoms with E-state index in [4.69, 9.17) is 27.9 Å². The molecule has 1 aromatic rings. The molecule has 0 fully saturated rings. The number of halogens is 2. The number of benzene rings is 1. The lowest BCUT2D eigenvalue weighted by Crippen LogP contribution is -2.40. The third-order valence-electron chi connectivity index (χ3n) is 2.81. The Morgan fingerprint density at radius 1 is 1.44 bits per heavy atom. The van der Waals surface area contributed by atoms with Crippen LogP contribution in [0.2, 0.25) is 10.0 Å². The predicted molar refractivity (Wildman–Crippen MR) is 67.3 cm³/mol. The van der Waals surface area contributed by atoms with E-state index in [9.17, 15) is 5.11 Å². The molecule has 0 radical (unpaired) electrons. The van der Waals surface area contributed by atoms with E-state index in [2.05, 4.69) is 0 Å². The summed E-state index contributed by atoms with van der Waals surface area (Å²) in [5.41, 5.74) is -0.147. The van der Waals surface area contributed by atoms with Crippen molar-refractivity contribution in [1.82, 2.24) is 0 Å². The molecule has 2 nitrogen and oxygen atoms in total. The Morgan fingerprint density at radius 3 is 2.62 bits per heavy atom. The molecule has 2 atom stereocenters. The maximum atomic E-state index is 10.2. The van der Waals surface area contributed by atoms with E-state index < -0.39 is 5.60 Å². The summed E-state index contributed by atoms with van der Waals surface area (Å²) in [6.07, 6.45) is 0.129. The summed E-state index contributed by atoms with van der Waals surface area (Å²) in [7, 11) is 1.57. The molecule has 0 aliphatic carbocycles. The molecule has 0 aliphatic heterocycles. The first-order chi connectivity index (χ1) is 7.38. The van der Waals surface area contributed by atoms with Crippen molar-refractivity contribution < 1.29 is 9.84 Å². The lowest BCUT2D eigenvalue weighted by Gasteiger charge is -2.29. The number of hydrogen-bond donors (Lipinski definition) is 1. The van der Waals surface area contributed by atoms with Gasteiger partial charge in [0.15, 0.2) is 0 Å². The van der Waals surface area contributed by atoms with Gasteiger partial charge in [-0.25, -0.2) is 0 Å². The smallest absolute Gasteiger partial charge is 0.0917 e. The molecule has 90 valence electrons. The average molecular weight is 263 g/mol. The summed E-state index contributed by atoms with van der Waals surface area (Å²) in [4.78, 5) is 0. The van der Waals surface area contributed by atoms with E-state index >= 15 is 0 Å². The van der Waals surface area contributed by atoms with Crippen molar-refractivity contribution in [2.24, 2.45) is 0 Å². The minimum atomic E-state index is -0.969. The Hall–Kier alpha value is -0.280. The minimum absolute atomic E-state index is 0.275. The topological polar surface area (TPSA) is 29.5 Å². The summed E-state index contributed by atoms with van der Waals surface area (Å²) in [5.74, 6) is 0. The van der Waals surface area contributed by atoms with Crippen LogP contribution in [-0.4, -0.2) is 23.9 Å². The van der Waals surface area contributed by atoms with Gasteiger partial charge in [0.25, 0.3) is 0 Å². The molecule has 0 aromatic heterocycles. The van der Waals surface area contributed by atoms with E-state index in [1.165, 1.54) is 0 Å². The van der Waals surface area contributed by atoms with E-state index in [0.29, 0.717) is 16.5 Å². The molecule has 16 heavy (non-hydrogen) atoms. The molecule has 4 heteroatoms. The third-order valence-corrected chi connectivity index (χ3v) is 3.67. The quantitative estimate of drug-likeness (QED) is 0.902. The largest absolute Gasteiger partial charge is 0.387 e. The SMILES string of the molecule is COC(C)C(C)(O)Cc1cccc(Cl)c1Cl. The molecule has 0 saturated heterocycles. The van der Waals surface area contributed by atoms with Crippen LogP contribution >= 0.6 is 23.2 Å². The molecule has 0 heterocycles.